The molecule has 152 valence electrons. The van der Waals surface area contributed by atoms with Gasteiger partial charge in [0.2, 0.25) is 5.91 Å². The average molecular weight is 421 g/mol. The summed E-state index contributed by atoms with van der Waals surface area (Å²) in [6.07, 6.45) is 8.80. The predicted octanol–water partition coefficient (Wildman–Crippen LogP) is 3.97. The molecule has 2 aromatic rings. The third kappa shape index (κ3) is 5.15. The molecular weight excluding hydrogens is 392 g/mol. The number of carbonyl (C=O) groups excluding carboxylic acids is 1. The van der Waals surface area contributed by atoms with Gasteiger partial charge in [-0.05, 0) is 43.0 Å². The smallest absolute Gasteiger partial charge is 0.230 e. The molecule has 4 rings (SSSR count). The van der Waals surface area contributed by atoms with Gasteiger partial charge in [0.1, 0.15) is 0 Å². The number of carbonyl (C=O) groups is 1. The van der Waals surface area contributed by atoms with E-state index in [1.807, 2.05) is 11.4 Å². The summed E-state index contributed by atoms with van der Waals surface area (Å²) in [5, 5.41) is 14.8. The Kier molecular flexibility index (Phi) is 7.04. The van der Waals surface area contributed by atoms with Crippen molar-refractivity contribution in [2.45, 2.75) is 62.8 Å². The Morgan fingerprint density at radius 3 is 2.89 bits per heavy atom. The van der Waals surface area contributed by atoms with E-state index in [0.717, 1.165) is 48.4 Å². The first kappa shape index (κ1) is 19.9. The quantitative estimate of drug-likeness (QED) is 0.654. The van der Waals surface area contributed by atoms with Crippen LogP contribution in [0.4, 0.5) is 0 Å². The molecule has 0 radical (unpaired) electrons. The van der Waals surface area contributed by atoms with E-state index < -0.39 is 0 Å². The largest absolute Gasteiger partial charge is 0.376 e. The van der Waals surface area contributed by atoms with Crippen LogP contribution in [0.15, 0.2) is 22.7 Å². The number of thiophene rings is 1. The van der Waals surface area contributed by atoms with Gasteiger partial charge in [-0.1, -0.05) is 37.1 Å². The summed E-state index contributed by atoms with van der Waals surface area (Å²) in [6.45, 7) is 2.38. The standard InChI is InChI=1S/C20H28N4O2S2/c25-18(21-12-15-6-2-1-3-7-15)14-28-20-23-22-19(17-9-5-11-27-17)24(20)13-16-8-4-10-26-16/h5,9,11,15-16H,1-4,6-8,10,12-14H2,(H,21,25)/t16-/m0/s1. The van der Waals surface area contributed by atoms with Crippen LogP contribution in [0, 0.1) is 5.92 Å². The van der Waals surface area contributed by atoms with Crippen molar-refractivity contribution in [2.24, 2.45) is 5.92 Å². The van der Waals surface area contributed by atoms with Crippen LogP contribution in [0.5, 0.6) is 0 Å². The highest BCUT2D eigenvalue weighted by molar-refractivity contribution is 7.99. The molecule has 1 N–H and O–H groups in total. The molecule has 0 spiro atoms. The normalized spacial score (nSPS) is 20.5. The second-order valence-electron chi connectivity index (χ2n) is 7.63. The summed E-state index contributed by atoms with van der Waals surface area (Å²) in [7, 11) is 0. The number of ether oxygens (including phenoxy) is 1. The summed E-state index contributed by atoms with van der Waals surface area (Å²) in [6, 6.07) is 4.09. The Morgan fingerprint density at radius 1 is 1.25 bits per heavy atom. The highest BCUT2D eigenvalue weighted by Gasteiger charge is 2.23. The number of nitrogens with one attached hydrogen (secondary N) is 1. The van der Waals surface area contributed by atoms with Gasteiger partial charge in [0.15, 0.2) is 11.0 Å². The van der Waals surface area contributed by atoms with Crippen molar-refractivity contribution in [3.8, 4) is 10.7 Å². The molecule has 1 atom stereocenters. The van der Waals surface area contributed by atoms with Crippen LogP contribution in [-0.4, -0.2) is 45.7 Å². The van der Waals surface area contributed by atoms with Crippen molar-refractivity contribution in [2.75, 3.05) is 18.9 Å². The molecule has 1 amide bonds. The maximum absolute atomic E-state index is 12.3. The molecule has 2 aromatic heterocycles. The zero-order valence-electron chi connectivity index (χ0n) is 16.1. The van der Waals surface area contributed by atoms with Gasteiger partial charge in [-0.25, -0.2) is 0 Å². The Bertz CT molecular complexity index is 750. The van der Waals surface area contributed by atoms with E-state index in [-0.39, 0.29) is 12.0 Å². The summed E-state index contributed by atoms with van der Waals surface area (Å²) < 4.78 is 7.95. The Hall–Kier alpha value is -1.38. The first-order valence-electron chi connectivity index (χ1n) is 10.3. The van der Waals surface area contributed by atoms with Crippen molar-refractivity contribution in [3.05, 3.63) is 17.5 Å². The molecule has 2 fully saturated rings. The van der Waals surface area contributed by atoms with E-state index in [9.17, 15) is 4.79 Å². The average Bonchev–Trinajstić information content (AvgIpc) is 3.48. The first-order chi connectivity index (χ1) is 13.8. The van der Waals surface area contributed by atoms with E-state index in [2.05, 4.69) is 26.1 Å². The molecule has 0 aromatic carbocycles. The Labute approximate surface area is 174 Å². The topological polar surface area (TPSA) is 69.0 Å². The van der Waals surface area contributed by atoms with Gasteiger partial charge in [0.25, 0.3) is 0 Å². The van der Waals surface area contributed by atoms with Crippen LogP contribution in [-0.2, 0) is 16.1 Å². The lowest BCUT2D eigenvalue weighted by atomic mass is 9.89. The van der Waals surface area contributed by atoms with Gasteiger partial charge in [0.05, 0.1) is 23.3 Å². The summed E-state index contributed by atoms with van der Waals surface area (Å²) in [5.74, 6) is 1.98. The van der Waals surface area contributed by atoms with Crippen LogP contribution in [0.2, 0.25) is 0 Å². The molecule has 3 heterocycles. The molecule has 1 aliphatic heterocycles. The lowest BCUT2D eigenvalue weighted by molar-refractivity contribution is -0.118. The van der Waals surface area contributed by atoms with E-state index >= 15 is 0 Å². The minimum atomic E-state index is 0.0833. The van der Waals surface area contributed by atoms with Gasteiger partial charge >= 0.3 is 0 Å². The second-order valence-corrected chi connectivity index (χ2v) is 9.52. The predicted molar refractivity (Wildman–Crippen MR) is 113 cm³/mol. The first-order valence-corrected chi connectivity index (χ1v) is 12.1. The molecule has 6 nitrogen and oxygen atoms in total. The van der Waals surface area contributed by atoms with Crippen molar-refractivity contribution in [3.63, 3.8) is 0 Å². The highest BCUT2D eigenvalue weighted by Crippen LogP contribution is 2.29. The minimum Gasteiger partial charge on any atom is -0.376 e. The van der Waals surface area contributed by atoms with Gasteiger partial charge in [0, 0.05) is 13.2 Å². The van der Waals surface area contributed by atoms with Crippen LogP contribution in [0.25, 0.3) is 10.7 Å². The Morgan fingerprint density at radius 2 is 2.14 bits per heavy atom. The zero-order valence-corrected chi connectivity index (χ0v) is 17.8. The van der Waals surface area contributed by atoms with Gasteiger partial charge in [-0.3, -0.25) is 9.36 Å². The fourth-order valence-electron chi connectivity index (χ4n) is 3.97. The van der Waals surface area contributed by atoms with E-state index in [4.69, 9.17) is 4.74 Å². The maximum Gasteiger partial charge on any atom is 0.230 e. The second kappa shape index (κ2) is 9.89. The number of hydrogen-bond donors (Lipinski definition) is 1. The summed E-state index contributed by atoms with van der Waals surface area (Å²) >= 11 is 3.13. The number of amides is 1. The van der Waals surface area contributed by atoms with Crippen molar-refractivity contribution in [1.82, 2.24) is 20.1 Å². The molecule has 1 saturated carbocycles. The highest BCUT2D eigenvalue weighted by atomic mass is 32.2. The van der Waals surface area contributed by atoms with Crippen LogP contribution in [0.3, 0.4) is 0 Å². The van der Waals surface area contributed by atoms with E-state index in [1.165, 1.54) is 43.9 Å². The minimum absolute atomic E-state index is 0.0833. The molecule has 1 aliphatic carbocycles. The van der Waals surface area contributed by atoms with Crippen molar-refractivity contribution >= 4 is 29.0 Å². The van der Waals surface area contributed by atoms with Crippen molar-refractivity contribution < 1.29 is 9.53 Å². The third-order valence-corrected chi connectivity index (χ3v) is 7.35. The molecule has 0 bridgehead atoms. The fourth-order valence-corrected chi connectivity index (χ4v) is 5.47. The molecule has 1 saturated heterocycles. The Balaban J connectivity index is 1.36. The molecule has 2 aliphatic rings. The maximum atomic E-state index is 12.3. The number of rotatable bonds is 8. The molecular formula is C20H28N4O2S2. The lowest BCUT2D eigenvalue weighted by Gasteiger charge is -2.21. The van der Waals surface area contributed by atoms with Gasteiger partial charge in [-0.2, -0.15) is 0 Å². The molecule has 8 heteroatoms. The molecule has 0 unspecified atom stereocenters. The summed E-state index contributed by atoms with van der Waals surface area (Å²) in [4.78, 5) is 13.4. The third-order valence-electron chi connectivity index (χ3n) is 5.51. The number of thioether (sulfide) groups is 1. The van der Waals surface area contributed by atoms with Crippen molar-refractivity contribution in [1.29, 1.82) is 0 Å². The lowest BCUT2D eigenvalue weighted by Crippen LogP contribution is -2.31. The zero-order chi connectivity index (χ0) is 19.2. The fraction of sp³-hybridized carbons (Fsp3) is 0.650. The van der Waals surface area contributed by atoms with Crippen LogP contribution in [0.1, 0.15) is 44.9 Å². The van der Waals surface area contributed by atoms with E-state index in [0.29, 0.717) is 11.7 Å². The van der Waals surface area contributed by atoms with Gasteiger partial charge in [-0.15, -0.1) is 21.5 Å². The number of aromatic nitrogens is 3. The molecule has 28 heavy (non-hydrogen) atoms. The monoisotopic (exact) mass is 420 g/mol. The number of nitrogens with zero attached hydrogens (tertiary/aromatic N) is 3. The van der Waals surface area contributed by atoms with E-state index in [1.54, 1.807) is 11.3 Å². The SMILES string of the molecule is O=C(CSc1nnc(-c2cccs2)n1C[C@@H]1CCCO1)NCC1CCCCC1. The van der Waals surface area contributed by atoms with Crippen LogP contribution < -0.4 is 5.32 Å². The number of hydrogen-bond acceptors (Lipinski definition) is 6. The summed E-state index contributed by atoms with van der Waals surface area (Å²) in [5.41, 5.74) is 0. The van der Waals surface area contributed by atoms with Crippen LogP contribution >= 0.6 is 23.1 Å². The van der Waals surface area contributed by atoms with Gasteiger partial charge < -0.3 is 10.1 Å².